The van der Waals surface area contributed by atoms with Crippen LogP contribution >= 0.6 is 0 Å². The zero-order valence-corrected chi connectivity index (χ0v) is 15.3. The summed E-state index contributed by atoms with van der Waals surface area (Å²) < 4.78 is 37.8. The van der Waals surface area contributed by atoms with Crippen molar-refractivity contribution in [1.82, 2.24) is 4.31 Å². The maximum atomic E-state index is 13.1. The van der Waals surface area contributed by atoms with Gasteiger partial charge in [0, 0.05) is 17.7 Å². The number of allylic oxidation sites excluding steroid dienone is 1. The maximum Gasteiger partial charge on any atom is 0.265 e. The number of fused-ring (bicyclic) bond motifs is 2. The summed E-state index contributed by atoms with van der Waals surface area (Å²) in [6, 6.07) is 10.7. The molecule has 0 spiro atoms. The number of aliphatic hydroxyl groups is 1. The summed E-state index contributed by atoms with van der Waals surface area (Å²) in [6.07, 6.45) is 0. The number of ether oxygens (including phenoxy) is 2. The molecule has 0 amide bonds. The Kier molecular flexibility index (Phi) is 4.07. The molecule has 8 heteroatoms. The van der Waals surface area contributed by atoms with Crippen LogP contribution in [0.2, 0.25) is 0 Å². The monoisotopic (exact) mass is 387 g/mol. The number of hydrogen-bond acceptors (Lipinski definition) is 6. The smallest absolute Gasteiger partial charge is 0.265 e. The fraction of sp³-hybridized carbons (Fsp3) is 0.211. The van der Waals surface area contributed by atoms with Gasteiger partial charge in [-0.25, -0.2) is 8.42 Å². The minimum atomic E-state index is -3.95. The van der Waals surface area contributed by atoms with Crippen LogP contribution in [-0.4, -0.2) is 43.4 Å². The predicted octanol–water partition coefficient (Wildman–Crippen LogP) is 2.59. The van der Waals surface area contributed by atoms with Gasteiger partial charge in [0.2, 0.25) is 5.78 Å². The molecule has 140 valence electrons. The van der Waals surface area contributed by atoms with Crippen LogP contribution in [0.15, 0.2) is 53.1 Å². The van der Waals surface area contributed by atoms with E-state index in [-0.39, 0.29) is 34.0 Å². The van der Waals surface area contributed by atoms with Gasteiger partial charge in [-0.1, -0.05) is 12.1 Å². The molecule has 0 radical (unpaired) electrons. The fourth-order valence-corrected chi connectivity index (χ4v) is 4.92. The molecule has 0 unspecified atom stereocenters. The Hall–Kier alpha value is -3.00. The third-order valence-electron chi connectivity index (χ3n) is 4.49. The first kappa shape index (κ1) is 17.4. The number of Topliss-reactive ketones (excluding diaryl/α,β-unsaturated/α-hetero) is 1. The number of likely N-dealkylation sites (N-methyl/N-ethyl adjacent to an activating group) is 1. The summed E-state index contributed by atoms with van der Waals surface area (Å²) in [5, 5.41) is 10.7. The van der Waals surface area contributed by atoms with Gasteiger partial charge in [-0.2, -0.15) is 0 Å². The van der Waals surface area contributed by atoms with Gasteiger partial charge in [0.25, 0.3) is 10.0 Å². The standard InChI is InChI=1S/C19H17NO6S/c1-2-20-17(19(22)13-5-3-4-6-16(13)27(20,23)24)18(21)12-7-8-14-15(11-12)26-10-9-25-14/h3-8,11,22H,2,9-10H2,1H3. The van der Waals surface area contributed by atoms with Crippen LogP contribution in [-0.2, 0) is 10.0 Å². The second-order valence-corrected chi connectivity index (χ2v) is 7.88. The summed E-state index contributed by atoms with van der Waals surface area (Å²) in [5.41, 5.74) is 0.0461. The van der Waals surface area contributed by atoms with Gasteiger partial charge in [-0.05, 0) is 37.3 Å². The van der Waals surface area contributed by atoms with Crippen LogP contribution in [0.1, 0.15) is 22.8 Å². The molecule has 4 rings (SSSR count). The first-order chi connectivity index (χ1) is 12.9. The molecule has 0 fully saturated rings. The van der Waals surface area contributed by atoms with E-state index in [1.54, 1.807) is 25.1 Å². The highest BCUT2D eigenvalue weighted by atomic mass is 32.2. The second kappa shape index (κ2) is 6.31. The molecule has 0 aromatic heterocycles. The molecule has 0 atom stereocenters. The molecule has 2 aromatic rings. The van der Waals surface area contributed by atoms with E-state index >= 15 is 0 Å². The van der Waals surface area contributed by atoms with Crippen molar-refractivity contribution >= 4 is 21.6 Å². The van der Waals surface area contributed by atoms with Crippen molar-refractivity contribution in [1.29, 1.82) is 0 Å². The lowest BCUT2D eigenvalue weighted by molar-refractivity contribution is 0.101. The lowest BCUT2D eigenvalue weighted by Crippen LogP contribution is -2.38. The Bertz CT molecular complexity index is 1070. The molecule has 2 heterocycles. The molecular formula is C19H17NO6S. The molecule has 2 aromatic carbocycles. The van der Waals surface area contributed by atoms with Gasteiger partial charge in [0.1, 0.15) is 18.9 Å². The number of benzene rings is 2. The van der Waals surface area contributed by atoms with Crippen LogP contribution < -0.4 is 9.47 Å². The lowest BCUT2D eigenvalue weighted by Gasteiger charge is -2.30. The molecule has 0 aliphatic carbocycles. The number of nitrogens with zero attached hydrogens (tertiary/aromatic N) is 1. The Morgan fingerprint density at radius 3 is 2.56 bits per heavy atom. The minimum Gasteiger partial charge on any atom is -0.505 e. The van der Waals surface area contributed by atoms with Crippen LogP contribution in [0.3, 0.4) is 0 Å². The molecule has 2 aliphatic rings. The topological polar surface area (TPSA) is 93.1 Å². The van der Waals surface area contributed by atoms with Gasteiger partial charge < -0.3 is 14.6 Å². The Labute approximate surface area is 156 Å². The number of carbonyl (C=O) groups excluding carboxylic acids is 1. The number of rotatable bonds is 3. The van der Waals surface area contributed by atoms with E-state index in [0.717, 1.165) is 4.31 Å². The van der Waals surface area contributed by atoms with Crippen LogP contribution in [0.4, 0.5) is 0 Å². The van der Waals surface area contributed by atoms with Crippen molar-refractivity contribution in [3.05, 3.63) is 59.3 Å². The average Bonchev–Trinajstić information content (AvgIpc) is 2.69. The summed E-state index contributed by atoms with van der Waals surface area (Å²) in [6.45, 7) is 2.40. The number of hydrogen-bond donors (Lipinski definition) is 1. The van der Waals surface area contributed by atoms with Crippen molar-refractivity contribution < 1.29 is 27.8 Å². The fourth-order valence-electron chi connectivity index (χ4n) is 3.24. The quantitative estimate of drug-likeness (QED) is 0.814. The van der Waals surface area contributed by atoms with Gasteiger partial charge >= 0.3 is 0 Å². The average molecular weight is 387 g/mol. The molecular weight excluding hydrogens is 370 g/mol. The highest BCUT2D eigenvalue weighted by molar-refractivity contribution is 7.89. The van der Waals surface area contributed by atoms with Crippen molar-refractivity contribution in [3.63, 3.8) is 0 Å². The maximum absolute atomic E-state index is 13.1. The van der Waals surface area contributed by atoms with E-state index in [1.807, 2.05) is 0 Å². The van der Waals surface area contributed by atoms with E-state index in [9.17, 15) is 18.3 Å². The van der Waals surface area contributed by atoms with Crippen LogP contribution in [0.25, 0.3) is 5.76 Å². The molecule has 0 bridgehead atoms. The van der Waals surface area contributed by atoms with E-state index in [0.29, 0.717) is 24.7 Å². The molecule has 0 saturated heterocycles. The van der Waals surface area contributed by atoms with Crippen molar-refractivity contribution in [2.24, 2.45) is 0 Å². The molecule has 27 heavy (non-hydrogen) atoms. The first-order valence-corrected chi connectivity index (χ1v) is 9.89. The highest BCUT2D eigenvalue weighted by Gasteiger charge is 2.39. The summed E-state index contributed by atoms with van der Waals surface area (Å²) >= 11 is 0. The molecule has 0 saturated carbocycles. The normalized spacial score (nSPS) is 17.4. The Morgan fingerprint density at radius 2 is 1.81 bits per heavy atom. The lowest BCUT2D eigenvalue weighted by atomic mass is 10.0. The second-order valence-electron chi connectivity index (χ2n) is 6.05. The van der Waals surface area contributed by atoms with E-state index in [2.05, 4.69) is 0 Å². The van der Waals surface area contributed by atoms with E-state index in [1.165, 1.54) is 24.3 Å². The summed E-state index contributed by atoms with van der Waals surface area (Å²) in [7, 11) is -3.95. The third kappa shape index (κ3) is 2.64. The van der Waals surface area contributed by atoms with Gasteiger partial charge in [0.05, 0.1) is 4.90 Å². The van der Waals surface area contributed by atoms with Crippen molar-refractivity contribution in [3.8, 4) is 11.5 Å². The molecule has 2 aliphatic heterocycles. The summed E-state index contributed by atoms with van der Waals surface area (Å²) in [4.78, 5) is 13.1. The molecule has 7 nitrogen and oxygen atoms in total. The summed E-state index contributed by atoms with van der Waals surface area (Å²) in [5.74, 6) is -0.0363. The van der Waals surface area contributed by atoms with Crippen molar-refractivity contribution in [2.75, 3.05) is 19.8 Å². The predicted molar refractivity (Wildman–Crippen MR) is 97.3 cm³/mol. The van der Waals surface area contributed by atoms with Gasteiger partial charge in [0.15, 0.2) is 17.3 Å². The Balaban J connectivity index is 1.87. The largest absolute Gasteiger partial charge is 0.505 e. The van der Waals surface area contributed by atoms with Gasteiger partial charge in [-0.15, -0.1) is 0 Å². The zero-order valence-electron chi connectivity index (χ0n) is 14.5. The van der Waals surface area contributed by atoms with E-state index < -0.39 is 15.8 Å². The number of ketones is 1. The third-order valence-corrected chi connectivity index (χ3v) is 6.42. The van der Waals surface area contributed by atoms with Crippen LogP contribution in [0.5, 0.6) is 11.5 Å². The SMILES string of the molecule is CCN1C(C(=O)c2ccc3c(c2)OCCO3)=C(O)c2ccccc2S1(=O)=O. The first-order valence-electron chi connectivity index (χ1n) is 8.45. The Morgan fingerprint density at radius 1 is 1.11 bits per heavy atom. The number of sulfonamides is 1. The molecule has 1 N–H and O–H groups in total. The zero-order chi connectivity index (χ0) is 19.2. The van der Waals surface area contributed by atoms with E-state index in [4.69, 9.17) is 9.47 Å². The van der Waals surface area contributed by atoms with Crippen molar-refractivity contribution in [2.45, 2.75) is 11.8 Å². The van der Waals surface area contributed by atoms with Gasteiger partial charge in [-0.3, -0.25) is 9.10 Å². The number of aliphatic hydroxyl groups excluding tert-OH is 1. The minimum absolute atomic E-state index is 0.00630. The van der Waals surface area contributed by atoms with Crippen LogP contribution in [0, 0.1) is 0 Å². The highest BCUT2D eigenvalue weighted by Crippen LogP contribution is 2.38. The number of carbonyl (C=O) groups is 1.